The SMILES string of the molecule is CCn1cc(C(=O)N2CCCC2c2ccc(CNC(C)=O)cn2)cn1. The molecule has 1 saturated heterocycles. The maximum Gasteiger partial charge on any atom is 0.257 e. The lowest BCUT2D eigenvalue weighted by Gasteiger charge is -2.24. The molecule has 0 spiro atoms. The van der Waals surface area contributed by atoms with Crippen molar-refractivity contribution in [3.63, 3.8) is 0 Å². The first-order valence-corrected chi connectivity index (χ1v) is 8.61. The summed E-state index contributed by atoms with van der Waals surface area (Å²) in [6, 6.07) is 3.89. The number of pyridine rings is 1. The van der Waals surface area contributed by atoms with Gasteiger partial charge in [0, 0.05) is 39.0 Å². The number of likely N-dealkylation sites (tertiary alicyclic amines) is 1. The van der Waals surface area contributed by atoms with Crippen LogP contribution in [0.3, 0.4) is 0 Å². The molecule has 132 valence electrons. The average Bonchev–Trinajstić information content (AvgIpc) is 3.29. The van der Waals surface area contributed by atoms with Crippen molar-refractivity contribution in [3.8, 4) is 0 Å². The van der Waals surface area contributed by atoms with Crippen molar-refractivity contribution >= 4 is 11.8 Å². The first kappa shape index (κ1) is 17.1. The minimum atomic E-state index is -0.0655. The molecule has 0 bridgehead atoms. The highest BCUT2D eigenvalue weighted by molar-refractivity contribution is 5.94. The van der Waals surface area contributed by atoms with Crippen LogP contribution in [0.4, 0.5) is 0 Å². The molecule has 0 aromatic carbocycles. The molecule has 2 amide bonds. The molecule has 2 aromatic rings. The van der Waals surface area contributed by atoms with Crippen LogP contribution in [0.25, 0.3) is 0 Å². The van der Waals surface area contributed by atoms with Crippen molar-refractivity contribution in [3.05, 3.63) is 47.5 Å². The van der Waals surface area contributed by atoms with Crippen molar-refractivity contribution in [2.45, 2.75) is 45.8 Å². The van der Waals surface area contributed by atoms with Crippen LogP contribution in [0.15, 0.2) is 30.7 Å². The zero-order valence-electron chi connectivity index (χ0n) is 14.6. The summed E-state index contributed by atoms with van der Waals surface area (Å²) < 4.78 is 1.76. The maximum absolute atomic E-state index is 12.8. The van der Waals surface area contributed by atoms with Gasteiger partial charge in [-0.1, -0.05) is 6.07 Å². The van der Waals surface area contributed by atoms with E-state index in [0.717, 1.165) is 37.2 Å². The van der Waals surface area contributed by atoms with E-state index in [1.807, 2.05) is 24.0 Å². The average molecular weight is 341 g/mol. The molecule has 1 aliphatic heterocycles. The number of nitrogens with one attached hydrogen (secondary N) is 1. The fourth-order valence-corrected chi connectivity index (χ4v) is 3.09. The van der Waals surface area contributed by atoms with Crippen molar-refractivity contribution in [1.82, 2.24) is 25.0 Å². The number of aryl methyl sites for hydroxylation is 1. The summed E-state index contributed by atoms with van der Waals surface area (Å²) in [5, 5.41) is 6.94. The topological polar surface area (TPSA) is 80.1 Å². The van der Waals surface area contributed by atoms with Crippen LogP contribution in [0.1, 0.15) is 54.3 Å². The number of nitrogens with zero attached hydrogens (tertiary/aromatic N) is 4. The van der Waals surface area contributed by atoms with Gasteiger partial charge in [0.15, 0.2) is 0 Å². The first-order valence-electron chi connectivity index (χ1n) is 8.61. The van der Waals surface area contributed by atoms with E-state index in [4.69, 9.17) is 0 Å². The predicted molar refractivity (Wildman–Crippen MR) is 92.7 cm³/mol. The number of hydrogen-bond acceptors (Lipinski definition) is 4. The van der Waals surface area contributed by atoms with Gasteiger partial charge in [0.2, 0.25) is 5.91 Å². The smallest absolute Gasteiger partial charge is 0.257 e. The zero-order valence-corrected chi connectivity index (χ0v) is 14.6. The molecule has 0 radical (unpaired) electrons. The minimum Gasteiger partial charge on any atom is -0.352 e. The maximum atomic E-state index is 12.8. The van der Waals surface area contributed by atoms with Gasteiger partial charge >= 0.3 is 0 Å². The monoisotopic (exact) mass is 341 g/mol. The molecule has 2 aromatic heterocycles. The largest absolute Gasteiger partial charge is 0.352 e. The van der Waals surface area contributed by atoms with E-state index in [1.54, 1.807) is 23.3 Å². The lowest BCUT2D eigenvalue weighted by atomic mass is 10.1. The van der Waals surface area contributed by atoms with E-state index < -0.39 is 0 Å². The van der Waals surface area contributed by atoms with Crippen LogP contribution in [-0.2, 0) is 17.9 Å². The third-order valence-corrected chi connectivity index (χ3v) is 4.45. The van der Waals surface area contributed by atoms with Gasteiger partial charge in [-0.25, -0.2) is 0 Å². The van der Waals surface area contributed by atoms with Crippen LogP contribution >= 0.6 is 0 Å². The Morgan fingerprint density at radius 3 is 2.80 bits per heavy atom. The Bertz CT molecular complexity index is 753. The number of rotatable bonds is 5. The number of carbonyl (C=O) groups excluding carboxylic acids is 2. The Balaban J connectivity index is 1.72. The van der Waals surface area contributed by atoms with Gasteiger partial charge in [0.25, 0.3) is 5.91 Å². The molecule has 7 heteroatoms. The number of amides is 2. The lowest BCUT2D eigenvalue weighted by Crippen LogP contribution is -2.30. The van der Waals surface area contributed by atoms with Crippen molar-refractivity contribution in [1.29, 1.82) is 0 Å². The summed E-state index contributed by atoms with van der Waals surface area (Å²) in [6.07, 6.45) is 7.06. The molecule has 1 atom stereocenters. The molecule has 1 aliphatic rings. The fraction of sp³-hybridized carbons (Fsp3) is 0.444. The van der Waals surface area contributed by atoms with Crippen molar-refractivity contribution in [2.75, 3.05) is 6.54 Å². The second-order valence-electron chi connectivity index (χ2n) is 6.24. The molecular weight excluding hydrogens is 318 g/mol. The standard InChI is InChI=1S/C18H23N5O2/c1-3-22-12-15(11-21-22)18(25)23-8-4-5-17(23)16-7-6-14(10-20-16)9-19-13(2)24/h6-7,10-12,17H,3-5,8-9H2,1-2H3,(H,19,24). The van der Waals surface area contributed by atoms with Crippen molar-refractivity contribution in [2.24, 2.45) is 0 Å². The summed E-state index contributed by atoms with van der Waals surface area (Å²) in [7, 11) is 0. The van der Waals surface area contributed by atoms with Crippen LogP contribution in [-0.4, -0.2) is 38.0 Å². The van der Waals surface area contributed by atoms with Gasteiger partial charge in [-0.2, -0.15) is 5.10 Å². The highest BCUT2D eigenvalue weighted by Crippen LogP contribution is 2.32. The number of aromatic nitrogens is 3. The molecule has 1 N–H and O–H groups in total. The van der Waals surface area contributed by atoms with Gasteiger partial charge in [0.05, 0.1) is 23.5 Å². The van der Waals surface area contributed by atoms with E-state index in [-0.39, 0.29) is 17.9 Å². The molecule has 1 unspecified atom stereocenters. The van der Waals surface area contributed by atoms with Crippen molar-refractivity contribution < 1.29 is 9.59 Å². The van der Waals surface area contributed by atoms with E-state index in [9.17, 15) is 9.59 Å². The summed E-state index contributed by atoms with van der Waals surface area (Å²) in [5.41, 5.74) is 2.45. The molecule has 3 heterocycles. The fourth-order valence-electron chi connectivity index (χ4n) is 3.09. The first-order chi connectivity index (χ1) is 12.1. The second kappa shape index (κ2) is 7.46. The van der Waals surface area contributed by atoms with Crippen LogP contribution in [0.5, 0.6) is 0 Å². The van der Waals surface area contributed by atoms with Gasteiger partial charge in [0.1, 0.15) is 0 Å². The van der Waals surface area contributed by atoms with E-state index in [2.05, 4.69) is 15.4 Å². The van der Waals surface area contributed by atoms with E-state index in [1.165, 1.54) is 6.92 Å². The van der Waals surface area contributed by atoms with Gasteiger partial charge in [-0.15, -0.1) is 0 Å². The van der Waals surface area contributed by atoms with Crippen LogP contribution in [0, 0.1) is 0 Å². The van der Waals surface area contributed by atoms with E-state index in [0.29, 0.717) is 12.1 Å². The van der Waals surface area contributed by atoms with Gasteiger partial charge in [-0.3, -0.25) is 19.3 Å². The molecule has 0 saturated carbocycles. The highest BCUT2D eigenvalue weighted by Gasteiger charge is 2.32. The predicted octanol–water partition coefficient (Wildman–Crippen LogP) is 1.91. The van der Waals surface area contributed by atoms with Crippen LogP contribution < -0.4 is 5.32 Å². The Labute approximate surface area is 147 Å². The van der Waals surface area contributed by atoms with Gasteiger partial charge < -0.3 is 10.2 Å². The third kappa shape index (κ3) is 3.87. The molecule has 7 nitrogen and oxygen atoms in total. The number of hydrogen-bond donors (Lipinski definition) is 1. The summed E-state index contributed by atoms with van der Waals surface area (Å²) in [4.78, 5) is 30.2. The molecule has 25 heavy (non-hydrogen) atoms. The highest BCUT2D eigenvalue weighted by atomic mass is 16.2. The molecular formula is C18H23N5O2. The Morgan fingerprint density at radius 2 is 2.16 bits per heavy atom. The summed E-state index contributed by atoms with van der Waals surface area (Å²) in [5.74, 6) is -0.0596. The van der Waals surface area contributed by atoms with Gasteiger partial charge in [-0.05, 0) is 31.4 Å². The third-order valence-electron chi connectivity index (χ3n) is 4.45. The second-order valence-corrected chi connectivity index (χ2v) is 6.24. The molecule has 1 fully saturated rings. The Hall–Kier alpha value is -2.70. The minimum absolute atomic E-state index is 0.00585. The van der Waals surface area contributed by atoms with E-state index >= 15 is 0 Å². The summed E-state index contributed by atoms with van der Waals surface area (Å²) in [6.45, 7) is 5.42. The lowest BCUT2D eigenvalue weighted by molar-refractivity contribution is -0.119. The number of carbonyl (C=O) groups is 2. The Kier molecular flexibility index (Phi) is 5.11. The molecule has 3 rings (SSSR count). The normalized spacial score (nSPS) is 16.9. The summed E-state index contributed by atoms with van der Waals surface area (Å²) >= 11 is 0. The van der Waals surface area contributed by atoms with Crippen LogP contribution in [0.2, 0.25) is 0 Å². The quantitative estimate of drug-likeness (QED) is 0.901. The Morgan fingerprint density at radius 1 is 1.32 bits per heavy atom. The molecule has 0 aliphatic carbocycles. The zero-order chi connectivity index (χ0) is 17.8.